The predicted molar refractivity (Wildman–Crippen MR) is 90.6 cm³/mol. The van der Waals surface area contributed by atoms with Crippen molar-refractivity contribution in [2.24, 2.45) is 0 Å². The van der Waals surface area contributed by atoms with Crippen molar-refractivity contribution in [1.29, 1.82) is 0 Å². The van der Waals surface area contributed by atoms with Gasteiger partial charge in [-0.05, 0) is 57.4 Å². The molecule has 0 aromatic heterocycles. The van der Waals surface area contributed by atoms with Gasteiger partial charge in [0.2, 0.25) is 10.0 Å². The third-order valence-corrected chi connectivity index (χ3v) is 5.49. The van der Waals surface area contributed by atoms with E-state index in [1.165, 1.54) is 6.07 Å². The van der Waals surface area contributed by atoms with Gasteiger partial charge in [-0.15, -0.1) is 0 Å². The van der Waals surface area contributed by atoms with Gasteiger partial charge in [-0.25, -0.2) is 13.1 Å². The highest BCUT2D eigenvalue weighted by Crippen LogP contribution is 2.31. The quantitative estimate of drug-likeness (QED) is 0.651. The second kappa shape index (κ2) is 8.71. The third kappa shape index (κ3) is 6.68. The van der Waals surface area contributed by atoms with E-state index >= 15 is 0 Å². The van der Waals surface area contributed by atoms with Crippen molar-refractivity contribution < 1.29 is 21.6 Å². The van der Waals surface area contributed by atoms with Crippen LogP contribution in [0.15, 0.2) is 18.2 Å². The molecule has 0 aliphatic rings. The van der Waals surface area contributed by atoms with Crippen LogP contribution in [-0.2, 0) is 16.2 Å². The highest BCUT2D eigenvalue weighted by Gasteiger charge is 2.30. The lowest BCUT2D eigenvalue weighted by Crippen LogP contribution is -2.31. The average Bonchev–Trinajstić information content (AvgIpc) is 2.46. The number of sulfonamides is 1. The molecule has 0 unspecified atom stereocenters. The maximum absolute atomic E-state index is 12.6. The molecular formula is C16H25F3N2O2S. The van der Waals surface area contributed by atoms with Crippen LogP contribution in [0, 0.1) is 6.92 Å². The number of benzene rings is 1. The molecule has 0 aliphatic heterocycles. The van der Waals surface area contributed by atoms with Gasteiger partial charge in [-0.3, -0.25) is 0 Å². The lowest BCUT2D eigenvalue weighted by atomic mass is 10.1. The smallest absolute Gasteiger partial charge is 0.385 e. The Morgan fingerprint density at radius 1 is 1.08 bits per heavy atom. The molecule has 24 heavy (non-hydrogen) atoms. The van der Waals surface area contributed by atoms with Crippen molar-refractivity contribution in [3.05, 3.63) is 29.3 Å². The highest BCUT2D eigenvalue weighted by molar-refractivity contribution is 7.90. The SMILES string of the molecule is Cc1cc(C(F)(F)F)ccc1NCCCCCNS(=O)(=O)C(C)C. The summed E-state index contributed by atoms with van der Waals surface area (Å²) in [4.78, 5) is 0. The van der Waals surface area contributed by atoms with E-state index < -0.39 is 27.0 Å². The molecule has 1 aromatic carbocycles. The van der Waals surface area contributed by atoms with Crippen LogP contribution in [0.2, 0.25) is 0 Å². The van der Waals surface area contributed by atoms with Gasteiger partial charge in [0.1, 0.15) is 0 Å². The van der Waals surface area contributed by atoms with Gasteiger partial charge in [0.05, 0.1) is 10.8 Å². The lowest BCUT2D eigenvalue weighted by Gasteiger charge is -2.13. The summed E-state index contributed by atoms with van der Waals surface area (Å²) in [7, 11) is -3.21. The van der Waals surface area contributed by atoms with E-state index in [1.807, 2.05) is 0 Å². The minimum atomic E-state index is -4.33. The van der Waals surface area contributed by atoms with Gasteiger partial charge in [0, 0.05) is 18.8 Å². The van der Waals surface area contributed by atoms with Gasteiger partial charge >= 0.3 is 6.18 Å². The minimum absolute atomic E-state index is 0.403. The Balaban J connectivity index is 2.29. The highest BCUT2D eigenvalue weighted by atomic mass is 32.2. The Morgan fingerprint density at radius 2 is 1.71 bits per heavy atom. The Bertz CT molecular complexity index is 629. The number of rotatable bonds is 9. The molecule has 0 radical (unpaired) electrons. The molecule has 0 atom stereocenters. The normalized spacial score (nSPS) is 12.6. The number of nitrogens with one attached hydrogen (secondary N) is 2. The van der Waals surface area contributed by atoms with E-state index in [0.717, 1.165) is 31.4 Å². The summed E-state index contributed by atoms with van der Waals surface area (Å²) in [5.41, 5.74) is 0.584. The van der Waals surface area contributed by atoms with E-state index in [9.17, 15) is 21.6 Å². The molecule has 8 heteroatoms. The van der Waals surface area contributed by atoms with Crippen LogP contribution in [0.3, 0.4) is 0 Å². The van der Waals surface area contributed by atoms with E-state index in [-0.39, 0.29) is 0 Å². The molecule has 1 aromatic rings. The molecule has 4 nitrogen and oxygen atoms in total. The monoisotopic (exact) mass is 366 g/mol. The van der Waals surface area contributed by atoms with Gasteiger partial charge in [0.25, 0.3) is 0 Å². The van der Waals surface area contributed by atoms with E-state index in [1.54, 1.807) is 20.8 Å². The number of unbranched alkanes of at least 4 members (excludes halogenated alkanes) is 2. The second-order valence-electron chi connectivity index (χ2n) is 6.00. The van der Waals surface area contributed by atoms with Crippen LogP contribution in [0.5, 0.6) is 0 Å². The summed E-state index contributed by atoms with van der Waals surface area (Å²) < 4.78 is 63.4. The van der Waals surface area contributed by atoms with Gasteiger partial charge in [0.15, 0.2) is 0 Å². The third-order valence-electron chi connectivity index (χ3n) is 3.65. The molecule has 0 spiro atoms. The molecule has 0 fully saturated rings. The molecule has 1 rings (SSSR count). The fourth-order valence-electron chi connectivity index (χ4n) is 2.07. The number of hydrogen-bond acceptors (Lipinski definition) is 3. The van der Waals surface area contributed by atoms with Crippen LogP contribution in [0.1, 0.15) is 44.2 Å². The number of aryl methyl sites for hydroxylation is 1. The minimum Gasteiger partial charge on any atom is -0.385 e. The van der Waals surface area contributed by atoms with Crippen LogP contribution in [-0.4, -0.2) is 26.8 Å². The molecule has 2 N–H and O–H groups in total. The van der Waals surface area contributed by atoms with E-state index in [0.29, 0.717) is 24.3 Å². The van der Waals surface area contributed by atoms with Gasteiger partial charge in [-0.1, -0.05) is 6.42 Å². The van der Waals surface area contributed by atoms with Crippen molar-refractivity contribution in [3.63, 3.8) is 0 Å². The molecule has 0 heterocycles. The summed E-state index contributed by atoms with van der Waals surface area (Å²) in [5.74, 6) is 0. The zero-order valence-electron chi connectivity index (χ0n) is 14.2. The molecule has 138 valence electrons. The zero-order chi connectivity index (χ0) is 18.4. The molecule has 0 amide bonds. The Labute approximate surface area is 141 Å². The lowest BCUT2D eigenvalue weighted by molar-refractivity contribution is -0.137. The van der Waals surface area contributed by atoms with Crippen molar-refractivity contribution in [2.75, 3.05) is 18.4 Å². The van der Waals surface area contributed by atoms with Crippen molar-refractivity contribution in [3.8, 4) is 0 Å². The first-order chi connectivity index (χ1) is 11.0. The summed E-state index contributed by atoms with van der Waals surface area (Å²) >= 11 is 0. The van der Waals surface area contributed by atoms with Crippen molar-refractivity contribution in [2.45, 2.75) is 51.5 Å². The average molecular weight is 366 g/mol. The Hall–Kier alpha value is -1.28. The van der Waals surface area contributed by atoms with Crippen LogP contribution in [0.25, 0.3) is 0 Å². The number of hydrogen-bond donors (Lipinski definition) is 2. The summed E-state index contributed by atoms with van der Waals surface area (Å²) in [6.07, 6.45) is -1.97. The molecular weight excluding hydrogens is 341 g/mol. The Kier molecular flexibility index (Phi) is 7.54. The summed E-state index contributed by atoms with van der Waals surface area (Å²) in [6, 6.07) is 3.63. The maximum Gasteiger partial charge on any atom is 0.416 e. The maximum atomic E-state index is 12.6. The zero-order valence-corrected chi connectivity index (χ0v) is 15.0. The van der Waals surface area contributed by atoms with Crippen molar-refractivity contribution in [1.82, 2.24) is 4.72 Å². The standard InChI is InChI=1S/C16H25F3N2O2S/c1-12(2)24(22,23)21-10-6-4-5-9-20-15-8-7-14(11-13(15)3)16(17,18)19/h7-8,11-12,20-21H,4-6,9-10H2,1-3H3. The largest absolute Gasteiger partial charge is 0.416 e. The van der Waals surface area contributed by atoms with Crippen molar-refractivity contribution >= 4 is 15.7 Å². The Morgan fingerprint density at radius 3 is 2.25 bits per heavy atom. The molecule has 0 bridgehead atoms. The first-order valence-electron chi connectivity index (χ1n) is 7.94. The fourth-order valence-corrected chi connectivity index (χ4v) is 2.83. The number of halogens is 3. The number of alkyl halides is 3. The molecule has 0 aliphatic carbocycles. The van der Waals surface area contributed by atoms with Crippen LogP contribution < -0.4 is 10.0 Å². The predicted octanol–water partition coefficient (Wildman–Crippen LogP) is 3.92. The van der Waals surface area contributed by atoms with E-state index in [4.69, 9.17) is 0 Å². The molecule has 0 saturated carbocycles. The van der Waals surface area contributed by atoms with E-state index in [2.05, 4.69) is 10.0 Å². The van der Waals surface area contributed by atoms with Gasteiger partial charge in [-0.2, -0.15) is 13.2 Å². The van der Waals surface area contributed by atoms with Gasteiger partial charge < -0.3 is 5.32 Å². The topological polar surface area (TPSA) is 58.2 Å². The first-order valence-corrected chi connectivity index (χ1v) is 9.49. The number of anilines is 1. The fraction of sp³-hybridized carbons (Fsp3) is 0.625. The second-order valence-corrected chi connectivity index (χ2v) is 8.32. The molecule has 0 saturated heterocycles. The summed E-state index contributed by atoms with van der Waals surface area (Å²) in [6.45, 7) is 5.92. The first kappa shape index (κ1) is 20.8. The summed E-state index contributed by atoms with van der Waals surface area (Å²) in [5, 5.41) is 2.67. The van der Waals surface area contributed by atoms with Crippen LogP contribution in [0.4, 0.5) is 18.9 Å². The van der Waals surface area contributed by atoms with Crippen LogP contribution >= 0.6 is 0 Å².